The number of amides is 4. The van der Waals surface area contributed by atoms with Gasteiger partial charge >= 0.3 is 6.18 Å². The van der Waals surface area contributed by atoms with Crippen molar-refractivity contribution in [1.82, 2.24) is 35.0 Å². The third-order valence-corrected chi connectivity index (χ3v) is 14.1. The van der Waals surface area contributed by atoms with E-state index in [1.807, 2.05) is 13.0 Å². The number of aromatic nitrogens is 3. The number of benzene rings is 1. The Morgan fingerprint density at radius 1 is 1.10 bits per heavy atom. The smallest absolute Gasteiger partial charge is 0.408 e. The average Bonchev–Trinajstić information content (AvgIpc) is 3.99. The van der Waals surface area contributed by atoms with Gasteiger partial charge in [0.1, 0.15) is 47.5 Å². The summed E-state index contributed by atoms with van der Waals surface area (Å²) in [5, 5.41) is 9.86. The van der Waals surface area contributed by atoms with Crippen molar-refractivity contribution in [2.45, 2.75) is 120 Å². The minimum absolute atomic E-state index is 0.0718. The molecule has 2 aliphatic carbocycles. The number of hydrogen-bond acceptors (Lipinski definition) is 11. The van der Waals surface area contributed by atoms with Gasteiger partial charge in [-0.3, -0.25) is 28.6 Å². The first-order chi connectivity index (χ1) is 28.9. The summed E-state index contributed by atoms with van der Waals surface area (Å²) in [5.74, 6) is -2.48. The summed E-state index contributed by atoms with van der Waals surface area (Å²) >= 11 is 0. The van der Waals surface area contributed by atoms with Crippen molar-refractivity contribution in [3.8, 4) is 17.4 Å². The molecule has 4 heterocycles. The fourth-order valence-electron chi connectivity index (χ4n) is 8.01. The van der Waals surface area contributed by atoms with Crippen LogP contribution in [0.4, 0.5) is 13.2 Å². The zero-order valence-corrected chi connectivity index (χ0v) is 35.2. The van der Waals surface area contributed by atoms with Gasteiger partial charge in [-0.1, -0.05) is 25.0 Å². The molecule has 4 aliphatic rings. The van der Waals surface area contributed by atoms with Gasteiger partial charge in [0.15, 0.2) is 0 Å². The molecular weight excluding hydrogens is 824 g/mol. The molecule has 3 fully saturated rings. The first-order valence-electron chi connectivity index (χ1n) is 20.4. The van der Waals surface area contributed by atoms with Gasteiger partial charge in [0.05, 0.1) is 30.5 Å². The van der Waals surface area contributed by atoms with Crippen LogP contribution < -0.4 is 29.6 Å². The van der Waals surface area contributed by atoms with Crippen molar-refractivity contribution < 1.29 is 55.0 Å². The number of allylic oxidation sites excluding steroid dienone is 1. The van der Waals surface area contributed by atoms with Crippen LogP contribution in [0, 0.1) is 12.8 Å². The molecule has 16 nitrogen and oxygen atoms in total. The van der Waals surface area contributed by atoms with E-state index >= 15 is 0 Å². The van der Waals surface area contributed by atoms with Crippen molar-refractivity contribution in [2.24, 2.45) is 5.92 Å². The van der Waals surface area contributed by atoms with E-state index in [1.165, 1.54) is 12.0 Å². The van der Waals surface area contributed by atoms with E-state index in [2.05, 4.69) is 25.4 Å². The van der Waals surface area contributed by atoms with Gasteiger partial charge in [0.25, 0.3) is 11.8 Å². The Morgan fingerprint density at radius 2 is 1.87 bits per heavy atom. The second kappa shape index (κ2) is 16.8. The Balaban J connectivity index is 1.22. The molecule has 2 aliphatic heterocycles. The predicted octanol–water partition coefficient (Wildman–Crippen LogP) is 4.25. The zero-order chi connectivity index (χ0) is 43.9. The average molecular weight is 874 g/mol. The van der Waals surface area contributed by atoms with Crippen LogP contribution in [-0.2, 0) is 31.0 Å². The van der Waals surface area contributed by atoms with Crippen LogP contribution >= 0.6 is 0 Å². The molecule has 3 aromatic rings. The lowest BCUT2D eigenvalue weighted by Crippen LogP contribution is -2.58. The standard InChI is InChI=1S/C41H50F3N7O9S/c1-5-59-33-20-32(27-13-14-31(58-4)24(2)34(27)46-33)60-26-19-30-36(53)47-40(38(55)49-61(56,57)39(3)16-17-39)21-25(40)11-9-7-6-8-10-12-29(37(54)51(30)22-26)45-35(52)28-15-18-50(48-28)23-41(42,43)44/h9,11,13-15,18,20,25-26,29-30H,5-8,10,12,16-17,19,21-23H2,1-4H3,(H,45,52)(H,47,53)(H,49,55)/b11-9-/t25-,26-,29+,30+,40-/m1/s1. The number of pyridine rings is 1. The lowest BCUT2D eigenvalue weighted by atomic mass is 10.0. The topological polar surface area (TPSA) is 200 Å². The maximum atomic E-state index is 14.7. The largest absolute Gasteiger partial charge is 0.496 e. The molecule has 3 N–H and O–H groups in total. The van der Waals surface area contributed by atoms with Crippen molar-refractivity contribution in [2.75, 3.05) is 20.3 Å². The first kappa shape index (κ1) is 43.7. The van der Waals surface area contributed by atoms with Crippen LogP contribution in [0.25, 0.3) is 10.9 Å². The van der Waals surface area contributed by atoms with Crippen LogP contribution in [0.3, 0.4) is 0 Å². The highest BCUT2D eigenvalue weighted by Crippen LogP contribution is 2.48. The molecule has 0 unspecified atom stereocenters. The summed E-state index contributed by atoms with van der Waals surface area (Å²) in [4.78, 5) is 62.7. The third-order valence-electron chi connectivity index (χ3n) is 11.9. The fraction of sp³-hybridized carbons (Fsp3) is 0.561. The number of alkyl halides is 3. The van der Waals surface area contributed by atoms with E-state index in [0.29, 0.717) is 72.2 Å². The molecule has 4 amide bonds. The molecule has 1 saturated heterocycles. The Bertz CT molecular complexity index is 2350. The van der Waals surface area contributed by atoms with Gasteiger partial charge in [0.2, 0.25) is 27.7 Å². The Morgan fingerprint density at radius 3 is 2.57 bits per heavy atom. The minimum atomic E-state index is -4.58. The Kier molecular flexibility index (Phi) is 12.0. The molecule has 5 atom stereocenters. The molecule has 7 rings (SSSR count). The number of sulfonamides is 1. The number of ether oxygens (including phenoxy) is 3. The highest BCUT2D eigenvalue weighted by atomic mass is 32.2. The van der Waals surface area contributed by atoms with Crippen LogP contribution in [0.5, 0.6) is 17.4 Å². The predicted molar refractivity (Wildman–Crippen MR) is 214 cm³/mol. The van der Waals surface area contributed by atoms with Crippen molar-refractivity contribution in [3.63, 3.8) is 0 Å². The second-order valence-electron chi connectivity index (χ2n) is 16.4. The maximum Gasteiger partial charge on any atom is 0.408 e. The van der Waals surface area contributed by atoms with Crippen molar-refractivity contribution in [3.05, 3.63) is 53.9 Å². The number of hydrogen-bond donors (Lipinski definition) is 3. The quantitative estimate of drug-likeness (QED) is 0.233. The van der Waals surface area contributed by atoms with E-state index in [9.17, 15) is 40.8 Å². The number of nitrogens with one attached hydrogen (secondary N) is 3. The van der Waals surface area contributed by atoms with Crippen LogP contribution in [-0.4, -0.2) is 107 Å². The fourth-order valence-corrected chi connectivity index (χ4v) is 9.32. The summed E-state index contributed by atoms with van der Waals surface area (Å²) in [6.45, 7) is 3.92. The van der Waals surface area contributed by atoms with E-state index in [-0.39, 0.29) is 37.4 Å². The number of fused-ring (bicyclic) bond motifs is 3. The number of rotatable bonds is 11. The molecule has 0 radical (unpaired) electrons. The molecule has 0 spiro atoms. The molecule has 20 heteroatoms. The number of halogens is 3. The summed E-state index contributed by atoms with van der Waals surface area (Å²) in [6, 6.07) is 3.77. The summed E-state index contributed by atoms with van der Waals surface area (Å²) < 4.78 is 85.2. The molecule has 330 valence electrons. The zero-order valence-electron chi connectivity index (χ0n) is 34.3. The number of nitrogens with zero attached hydrogens (tertiary/aromatic N) is 4. The highest BCUT2D eigenvalue weighted by Gasteiger charge is 2.63. The SMILES string of the molecule is CCOc1cc(O[C@@H]2C[C@H]3C(=O)N[C@]4(C(=O)NS(=O)(=O)C5(C)CC5)C[C@H]4/C=C\CCCCC[C@H](NC(=O)c4ccn(CC(F)(F)F)n4)C(=O)N3C2)c2ccc(OC)c(C)c2n1. The summed E-state index contributed by atoms with van der Waals surface area (Å²) in [7, 11) is -2.53. The van der Waals surface area contributed by atoms with Crippen LogP contribution in [0.15, 0.2) is 42.6 Å². The number of carbonyl (C=O) groups is 4. The molecule has 2 aromatic heterocycles. The number of carbonyl (C=O) groups excluding carboxylic acids is 4. The molecule has 1 aromatic carbocycles. The Labute approximate surface area is 351 Å². The molecule has 61 heavy (non-hydrogen) atoms. The van der Waals surface area contributed by atoms with Gasteiger partial charge < -0.3 is 29.7 Å². The minimum Gasteiger partial charge on any atom is -0.496 e. The monoisotopic (exact) mass is 873 g/mol. The number of aryl methyl sites for hydroxylation is 1. The second-order valence-corrected chi connectivity index (χ2v) is 18.6. The van der Waals surface area contributed by atoms with E-state index in [0.717, 1.165) is 17.8 Å². The molecule has 2 saturated carbocycles. The van der Waals surface area contributed by atoms with Crippen LogP contribution in [0.2, 0.25) is 0 Å². The Hall–Kier alpha value is -5.40. The van der Waals surface area contributed by atoms with E-state index in [1.54, 1.807) is 38.1 Å². The van der Waals surface area contributed by atoms with Gasteiger partial charge in [-0.15, -0.1) is 0 Å². The van der Waals surface area contributed by atoms with Gasteiger partial charge in [-0.2, -0.15) is 18.3 Å². The van der Waals surface area contributed by atoms with Crippen molar-refractivity contribution in [1.29, 1.82) is 0 Å². The molecular formula is C41H50F3N7O9S. The van der Waals surface area contributed by atoms with E-state index < -0.39 is 80.8 Å². The number of methoxy groups -OCH3 is 1. The normalized spacial score (nSPS) is 25.9. The lowest BCUT2D eigenvalue weighted by molar-refractivity contribution is -0.142. The first-order valence-corrected chi connectivity index (χ1v) is 21.9. The highest BCUT2D eigenvalue weighted by molar-refractivity contribution is 7.91. The summed E-state index contributed by atoms with van der Waals surface area (Å²) in [5.41, 5.74) is -0.693. The summed E-state index contributed by atoms with van der Waals surface area (Å²) in [6.07, 6.45) is 2.61. The third kappa shape index (κ3) is 9.28. The van der Waals surface area contributed by atoms with Gasteiger partial charge in [-0.25, -0.2) is 13.4 Å². The van der Waals surface area contributed by atoms with Gasteiger partial charge in [-0.05, 0) is 77.5 Å². The van der Waals surface area contributed by atoms with Crippen LogP contribution in [0.1, 0.15) is 87.7 Å². The molecule has 0 bridgehead atoms. The maximum absolute atomic E-state index is 14.7. The lowest BCUT2D eigenvalue weighted by Gasteiger charge is -2.30. The van der Waals surface area contributed by atoms with Gasteiger partial charge in [0, 0.05) is 35.6 Å². The van der Waals surface area contributed by atoms with E-state index in [4.69, 9.17) is 14.2 Å². The van der Waals surface area contributed by atoms with Crippen molar-refractivity contribution >= 4 is 44.6 Å².